The van der Waals surface area contributed by atoms with E-state index in [4.69, 9.17) is 20.6 Å². The van der Waals surface area contributed by atoms with Crippen molar-refractivity contribution in [2.75, 3.05) is 13.7 Å². The summed E-state index contributed by atoms with van der Waals surface area (Å²) in [6.45, 7) is 0.703. The smallest absolute Gasteiger partial charge is 0.219 e. The number of aromatic nitrogens is 1. The Morgan fingerprint density at radius 2 is 1.95 bits per heavy atom. The minimum Gasteiger partial charge on any atom is -0.439 e. The number of hydrogen-bond acceptors (Lipinski definition) is 4. The number of benzene rings is 1. The molecule has 2 aromatic rings. The highest BCUT2D eigenvalue weighted by Crippen LogP contribution is 2.20. The van der Waals surface area contributed by atoms with Gasteiger partial charge in [-0.2, -0.15) is 0 Å². The minimum atomic E-state index is -0.00783. The van der Waals surface area contributed by atoms with Crippen molar-refractivity contribution < 1.29 is 9.47 Å². The number of hydrogen-bond donors (Lipinski definition) is 2. The third-order valence-electron chi connectivity index (χ3n) is 2.79. The van der Waals surface area contributed by atoms with Crippen molar-refractivity contribution in [2.24, 2.45) is 5.73 Å². The van der Waals surface area contributed by atoms with Crippen LogP contribution in [-0.4, -0.2) is 24.5 Å². The van der Waals surface area contributed by atoms with E-state index in [0.29, 0.717) is 23.8 Å². The molecule has 5 nitrogen and oxygen atoms in total. The molecule has 0 atom stereocenters. The third-order valence-corrected chi connectivity index (χ3v) is 2.79. The number of nitrogens with two attached hydrogens (primary N) is 1. The van der Waals surface area contributed by atoms with Gasteiger partial charge >= 0.3 is 0 Å². The van der Waals surface area contributed by atoms with Crippen molar-refractivity contribution in [1.29, 1.82) is 5.41 Å². The molecule has 0 unspecified atom stereocenters. The number of ether oxygens (including phenoxy) is 2. The fourth-order valence-corrected chi connectivity index (χ4v) is 1.66. The second kappa shape index (κ2) is 6.68. The first-order valence-corrected chi connectivity index (χ1v) is 6.25. The number of methoxy groups -OCH3 is 1. The molecule has 1 aromatic heterocycles. The molecular formula is C15H17N3O2. The Morgan fingerprint density at radius 1 is 1.20 bits per heavy atom. The summed E-state index contributed by atoms with van der Waals surface area (Å²) in [5, 5.41) is 7.29. The van der Waals surface area contributed by atoms with Crippen LogP contribution in [0.15, 0.2) is 42.6 Å². The standard InChI is InChI=1S/C15H17N3O2/c1-19-9-8-11-2-5-13(6-3-11)20-14-7-4-12(10-18-14)15(16)17/h2-7,10H,8-9H2,1H3,(H3,16,17). The lowest BCUT2D eigenvalue weighted by atomic mass is 10.1. The molecule has 2 rings (SSSR count). The molecule has 0 aliphatic heterocycles. The highest BCUT2D eigenvalue weighted by Gasteiger charge is 2.01. The van der Waals surface area contributed by atoms with Crippen LogP contribution >= 0.6 is 0 Å². The average molecular weight is 271 g/mol. The monoisotopic (exact) mass is 271 g/mol. The van der Waals surface area contributed by atoms with E-state index < -0.39 is 0 Å². The van der Waals surface area contributed by atoms with E-state index in [2.05, 4.69) is 4.98 Å². The first-order chi connectivity index (χ1) is 9.69. The van der Waals surface area contributed by atoms with Gasteiger partial charge in [-0.05, 0) is 30.2 Å². The lowest BCUT2D eigenvalue weighted by Gasteiger charge is -2.06. The largest absolute Gasteiger partial charge is 0.439 e. The van der Waals surface area contributed by atoms with Gasteiger partial charge in [-0.3, -0.25) is 5.41 Å². The number of rotatable bonds is 6. The van der Waals surface area contributed by atoms with Gasteiger partial charge in [0.15, 0.2) is 0 Å². The molecule has 0 radical (unpaired) electrons. The number of amidine groups is 1. The summed E-state index contributed by atoms with van der Waals surface area (Å²) in [7, 11) is 1.69. The highest BCUT2D eigenvalue weighted by atomic mass is 16.5. The van der Waals surface area contributed by atoms with E-state index in [-0.39, 0.29) is 5.84 Å². The summed E-state index contributed by atoms with van der Waals surface area (Å²) in [5.41, 5.74) is 7.13. The highest BCUT2D eigenvalue weighted by molar-refractivity contribution is 5.94. The molecule has 0 spiro atoms. The number of nitrogens with one attached hydrogen (secondary N) is 1. The molecule has 0 fully saturated rings. The summed E-state index contributed by atoms with van der Waals surface area (Å²) in [6.07, 6.45) is 2.40. The van der Waals surface area contributed by atoms with Crippen LogP contribution in [0.3, 0.4) is 0 Å². The maximum absolute atomic E-state index is 7.29. The van der Waals surface area contributed by atoms with Gasteiger partial charge in [-0.15, -0.1) is 0 Å². The molecule has 20 heavy (non-hydrogen) atoms. The first kappa shape index (κ1) is 14.0. The predicted octanol–water partition coefficient (Wildman–Crippen LogP) is 2.35. The number of nitrogen functional groups attached to an aromatic ring is 1. The molecular weight excluding hydrogens is 254 g/mol. The summed E-state index contributed by atoms with van der Waals surface area (Å²) in [4.78, 5) is 4.10. The van der Waals surface area contributed by atoms with Crippen LogP contribution in [0.1, 0.15) is 11.1 Å². The second-order valence-electron chi connectivity index (χ2n) is 4.29. The summed E-state index contributed by atoms with van der Waals surface area (Å²) in [6, 6.07) is 11.2. The normalized spacial score (nSPS) is 10.2. The van der Waals surface area contributed by atoms with E-state index in [0.717, 1.165) is 6.42 Å². The molecule has 5 heteroatoms. The van der Waals surface area contributed by atoms with Gasteiger partial charge in [-0.1, -0.05) is 12.1 Å². The van der Waals surface area contributed by atoms with Gasteiger partial charge in [0.05, 0.1) is 6.61 Å². The van der Waals surface area contributed by atoms with Crippen LogP contribution in [0.2, 0.25) is 0 Å². The van der Waals surface area contributed by atoms with Crippen molar-refractivity contribution >= 4 is 5.84 Å². The van der Waals surface area contributed by atoms with Crippen LogP contribution in [0.25, 0.3) is 0 Å². The van der Waals surface area contributed by atoms with E-state index in [1.54, 1.807) is 19.2 Å². The van der Waals surface area contributed by atoms with Crippen LogP contribution in [0, 0.1) is 5.41 Å². The zero-order valence-electron chi connectivity index (χ0n) is 11.3. The van der Waals surface area contributed by atoms with Gasteiger partial charge in [0, 0.05) is 24.9 Å². The van der Waals surface area contributed by atoms with Gasteiger partial charge < -0.3 is 15.2 Å². The molecule has 1 heterocycles. The Kier molecular flexibility index (Phi) is 4.68. The summed E-state index contributed by atoms with van der Waals surface area (Å²) >= 11 is 0. The molecule has 0 amide bonds. The van der Waals surface area contributed by atoms with E-state index in [9.17, 15) is 0 Å². The average Bonchev–Trinajstić information content (AvgIpc) is 2.47. The topological polar surface area (TPSA) is 81.2 Å². The van der Waals surface area contributed by atoms with Gasteiger partial charge in [0.2, 0.25) is 5.88 Å². The van der Waals surface area contributed by atoms with Crippen molar-refractivity contribution in [2.45, 2.75) is 6.42 Å². The third kappa shape index (κ3) is 3.80. The van der Waals surface area contributed by atoms with Gasteiger partial charge in [0.1, 0.15) is 11.6 Å². The Morgan fingerprint density at radius 3 is 2.50 bits per heavy atom. The Labute approximate surface area is 117 Å². The molecule has 0 saturated heterocycles. The van der Waals surface area contributed by atoms with Gasteiger partial charge in [-0.25, -0.2) is 4.98 Å². The molecule has 1 aromatic carbocycles. The van der Waals surface area contributed by atoms with Crippen LogP contribution < -0.4 is 10.5 Å². The lowest BCUT2D eigenvalue weighted by molar-refractivity contribution is 0.202. The molecule has 3 N–H and O–H groups in total. The Bertz CT molecular complexity index is 565. The summed E-state index contributed by atoms with van der Waals surface area (Å²) < 4.78 is 10.7. The number of pyridine rings is 1. The Balaban J connectivity index is 2.00. The van der Waals surface area contributed by atoms with Crippen molar-refractivity contribution in [1.82, 2.24) is 4.98 Å². The van der Waals surface area contributed by atoms with E-state index in [1.807, 2.05) is 24.3 Å². The fraction of sp³-hybridized carbons (Fsp3) is 0.200. The molecule has 0 aliphatic carbocycles. The molecule has 104 valence electrons. The molecule has 0 saturated carbocycles. The van der Waals surface area contributed by atoms with E-state index >= 15 is 0 Å². The summed E-state index contributed by atoms with van der Waals surface area (Å²) in [5.74, 6) is 1.18. The van der Waals surface area contributed by atoms with E-state index in [1.165, 1.54) is 11.8 Å². The van der Waals surface area contributed by atoms with Gasteiger partial charge in [0.25, 0.3) is 0 Å². The molecule has 0 bridgehead atoms. The maximum atomic E-state index is 7.29. The van der Waals surface area contributed by atoms with Crippen LogP contribution in [-0.2, 0) is 11.2 Å². The van der Waals surface area contributed by atoms with Crippen molar-refractivity contribution in [3.8, 4) is 11.6 Å². The minimum absolute atomic E-state index is 0.00783. The SMILES string of the molecule is COCCc1ccc(Oc2ccc(C(=N)N)cn2)cc1. The van der Waals surface area contributed by atoms with Crippen molar-refractivity contribution in [3.63, 3.8) is 0 Å². The Hall–Kier alpha value is -2.40. The zero-order valence-corrected chi connectivity index (χ0v) is 11.3. The first-order valence-electron chi connectivity index (χ1n) is 6.25. The maximum Gasteiger partial charge on any atom is 0.219 e. The van der Waals surface area contributed by atoms with Crippen LogP contribution in [0.5, 0.6) is 11.6 Å². The molecule has 0 aliphatic rings. The van der Waals surface area contributed by atoms with Crippen LogP contribution in [0.4, 0.5) is 0 Å². The van der Waals surface area contributed by atoms with Crippen molar-refractivity contribution in [3.05, 3.63) is 53.7 Å². The fourth-order valence-electron chi connectivity index (χ4n) is 1.66. The number of nitrogens with zero attached hydrogens (tertiary/aromatic N) is 1. The second-order valence-corrected chi connectivity index (χ2v) is 4.29. The lowest BCUT2D eigenvalue weighted by Crippen LogP contribution is -2.11. The quantitative estimate of drug-likeness (QED) is 0.624. The predicted molar refractivity (Wildman–Crippen MR) is 77.3 cm³/mol. The zero-order chi connectivity index (χ0) is 14.4.